The number of carboxylic acid groups (broad SMARTS) is 1. The summed E-state index contributed by atoms with van der Waals surface area (Å²) in [5, 5.41) is 8.99. The standard InChI is InChI=1S/C11H13BrFNO4S2/c1-19-5-4-10(11(15)16)14-20(17,18)7-2-3-8(12)9(13)6-7/h2-3,6,10,14H,4-5H2,1H3,(H,15,16). The SMILES string of the molecule is CSCCC(NS(=O)(=O)c1ccc(Br)c(F)c1)C(=O)O. The third-order valence-electron chi connectivity index (χ3n) is 2.41. The second-order valence-electron chi connectivity index (χ2n) is 3.87. The average molecular weight is 386 g/mol. The number of halogens is 2. The fourth-order valence-electron chi connectivity index (χ4n) is 1.37. The first-order valence-electron chi connectivity index (χ1n) is 5.47. The van der Waals surface area contributed by atoms with Crippen molar-refractivity contribution >= 4 is 43.7 Å². The number of hydrogen-bond acceptors (Lipinski definition) is 4. The highest BCUT2D eigenvalue weighted by Gasteiger charge is 2.25. The molecule has 2 N–H and O–H groups in total. The predicted octanol–water partition coefficient (Wildman–Crippen LogP) is 2.07. The molecule has 0 aromatic heterocycles. The maximum atomic E-state index is 13.3. The van der Waals surface area contributed by atoms with Crippen molar-refractivity contribution in [2.75, 3.05) is 12.0 Å². The Balaban J connectivity index is 2.97. The number of benzene rings is 1. The zero-order valence-corrected chi connectivity index (χ0v) is 13.7. The van der Waals surface area contributed by atoms with Crippen molar-refractivity contribution in [2.24, 2.45) is 0 Å². The van der Waals surface area contributed by atoms with E-state index in [0.717, 1.165) is 6.07 Å². The topological polar surface area (TPSA) is 83.5 Å². The summed E-state index contributed by atoms with van der Waals surface area (Å²) >= 11 is 4.33. The molecule has 0 aliphatic carbocycles. The molecule has 0 amide bonds. The number of carboxylic acids is 1. The quantitative estimate of drug-likeness (QED) is 0.750. The molecule has 9 heteroatoms. The van der Waals surface area contributed by atoms with E-state index >= 15 is 0 Å². The van der Waals surface area contributed by atoms with Crippen LogP contribution < -0.4 is 4.72 Å². The van der Waals surface area contributed by atoms with Gasteiger partial charge in [0.25, 0.3) is 0 Å². The maximum absolute atomic E-state index is 13.3. The van der Waals surface area contributed by atoms with Crippen molar-refractivity contribution < 1.29 is 22.7 Å². The fourth-order valence-corrected chi connectivity index (χ4v) is 3.32. The minimum absolute atomic E-state index is 0.133. The summed E-state index contributed by atoms with van der Waals surface area (Å²) in [6, 6.07) is 2.05. The van der Waals surface area contributed by atoms with Gasteiger partial charge in [0.1, 0.15) is 11.9 Å². The maximum Gasteiger partial charge on any atom is 0.321 e. The van der Waals surface area contributed by atoms with Crippen molar-refractivity contribution in [1.82, 2.24) is 4.72 Å². The van der Waals surface area contributed by atoms with E-state index in [1.807, 2.05) is 0 Å². The highest BCUT2D eigenvalue weighted by atomic mass is 79.9. The molecule has 1 aromatic rings. The summed E-state index contributed by atoms with van der Waals surface area (Å²) in [5.74, 6) is -1.50. The largest absolute Gasteiger partial charge is 0.480 e. The zero-order valence-electron chi connectivity index (χ0n) is 10.5. The smallest absolute Gasteiger partial charge is 0.321 e. The van der Waals surface area contributed by atoms with Gasteiger partial charge in [0.15, 0.2) is 0 Å². The third kappa shape index (κ3) is 4.72. The van der Waals surface area contributed by atoms with Gasteiger partial charge < -0.3 is 5.11 Å². The Labute approximate surface area is 129 Å². The first kappa shape index (κ1) is 17.4. The average Bonchev–Trinajstić information content (AvgIpc) is 2.37. The molecule has 112 valence electrons. The molecular weight excluding hydrogens is 373 g/mol. The molecule has 1 rings (SSSR count). The summed E-state index contributed by atoms with van der Waals surface area (Å²) in [7, 11) is -4.08. The van der Waals surface area contributed by atoms with E-state index in [4.69, 9.17) is 5.11 Å². The van der Waals surface area contributed by atoms with Crippen LogP contribution in [0.2, 0.25) is 0 Å². The number of rotatable bonds is 7. The van der Waals surface area contributed by atoms with E-state index in [1.54, 1.807) is 6.26 Å². The van der Waals surface area contributed by atoms with Crippen LogP contribution in [0.4, 0.5) is 4.39 Å². The van der Waals surface area contributed by atoms with Crippen LogP contribution in [0.3, 0.4) is 0 Å². The first-order valence-corrected chi connectivity index (χ1v) is 9.14. The highest BCUT2D eigenvalue weighted by molar-refractivity contribution is 9.10. The molecule has 0 radical (unpaired) electrons. The monoisotopic (exact) mass is 385 g/mol. The normalized spacial score (nSPS) is 13.2. The van der Waals surface area contributed by atoms with Crippen LogP contribution in [0.25, 0.3) is 0 Å². The van der Waals surface area contributed by atoms with Gasteiger partial charge in [-0.2, -0.15) is 16.5 Å². The van der Waals surface area contributed by atoms with Gasteiger partial charge in [-0.3, -0.25) is 4.79 Å². The van der Waals surface area contributed by atoms with Crippen molar-refractivity contribution in [3.63, 3.8) is 0 Å². The minimum atomic E-state index is -4.08. The molecule has 0 heterocycles. The van der Waals surface area contributed by atoms with Crippen LogP contribution in [0.15, 0.2) is 27.6 Å². The first-order chi connectivity index (χ1) is 9.27. The summed E-state index contributed by atoms with van der Waals surface area (Å²) < 4.78 is 39.6. The zero-order chi connectivity index (χ0) is 15.3. The second-order valence-corrected chi connectivity index (χ2v) is 7.42. The minimum Gasteiger partial charge on any atom is -0.480 e. The molecule has 0 saturated heterocycles. The number of carbonyl (C=O) groups is 1. The molecule has 0 bridgehead atoms. The van der Waals surface area contributed by atoms with E-state index < -0.39 is 27.9 Å². The van der Waals surface area contributed by atoms with Crippen LogP contribution in [0.5, 0.6) is 0 Å². The lowest BCUT2D eigenvalue weighted by atomic mass is 10.2. The molecule has 0 aliphatic rings. The van der Waals surface area contributed by atoms with E-state index in [2.05, 4.69) is 20.7 Å². The summed E-state index contributed by atoms with van der Waals surface area (Å²) in [6.45, 7) is 0. The van der Waals surface area contributed by atoms with E-state index in [0.29, 0.717) is 5.75 Å². The third-order valence-corrected chi connectivity index (χ3v) is 5.16. The van der Waals surface area contributed by atoms with E-state index in [-0.39, 0.29) is 15.8 Å². The van der Waals surface area contributed by atoms with Gasteiger partial charge in [0, 0.05) is 0 Å². The van der Waals surface area contributed by atoms with Gasteiger partial charge in [-0.15, -0.1) is 0 Å². The van der Waals surface area contributed by atoms with Crippen LogP contribution >= 0.6 is 27.7 Å². The predicted molar refractivity (Wildman–Crippen MR) is 78.8 cm³/mol. The Morgan fingerprint density at radius 3 is 2.70 bits per heavy atom. The van der Waals surface area contributed by atoms with Crippen molar-refractivity contribution in [3.8, 4) is 0 Å². The van der Waals surface area contributed by atoms with E-state index in [9.17, 15) is 17.6 Å². The van der Waals surface area contributed by atoms with Gasteiger partial charge in [0.2, 0.25) is 10.0 Å². The summed E-state index contributed by atoms with van der Waals surface area (Å²) in [6.07, 6.45) is 1.94. The lowest BCUT2D eigenvalue weighted by Gasteiger charge is -2.14. The van der Waals surface area contributed by atoms with Crippen LogP contribution in [0, 0.1) is 5.82 Å². The Kier molecular flexibility index (Phi) is 6.44. The van der Waals surface area contributed by atoms with Gasteiger partial charge in [0.05, 0.1) is 9.37 Å². The Bertz CT molecular complexity index is 594. The molecule has 0 spiro atoms. The number of sulfonamides is 1. The van der Waals surface area contributed by atoms with Gasteiger partial charge in [-0.05, 0) is 52.6 Å². The fraction of sp³-hybridized carbons (Fsp3) is 0.364. The van der Waals surface area contributed by atoms with Crippen molar-refractivity contribution in [1.29, 1.82) is 0 Å². The van der Waals surface area contributed by atoms with E-state index in [1.165, 1.54) is 23.9 Å². The van der Waals surface area contributed by atoms with Crippen LogP contribution in [0.1, 0.15) is 6.42 Å². The lowest BCUT2D eigenvalue weighted by molar-refractivity contribution is -0.139. The summed E-state index contributed by atoms with van der Waals surface area (Å²) in [4.78, 5) is 10.7. The number of aliphatic carboxylic acids is 1. The Hall–Kier alpha value is -0.640. The molecule has 0 aliphatic heterocycles. The highest BCUT2D eigenvalue weighted by Crippen LogP contribution is 2.19. The molecule has 1 aromatic carbocycles. The van der Waals surface area contributed by atoms with Gasteiger partial charge in [-0.25, -0.2) is 12.8 Å². The second kappa shape index (κ2) is 7.39. The lowest BCUT2D eigenvalue weighted by Crippen LogP contribution is -2.41. The number of thioether (sulfide) groups is 1. The van der Waals surface area contributed by atoms with Crippen molar-refractivity contribution in [2.45, 2.75) is 17.4 Å². The van der Waals surface area contributed by atoms with Crippen LogP contribution in [-0.2, 0) is 14.8 Å². The van der Waals surface area contributed by atoms with Crippen molar-refractivity contribution in [3.05, 3.63) is 28.5 Å². The summed E-state index contributed by atoms with van der Waals surface area (Å²) in [5.41, 5.74) is 0. The molecule has 0 fully saturated rings. The molecule has 5 nitrogen and oxygen atoms in total. The Morgan fingerprint density at radius 2 is 2.20 bits per heavy atom. The Morgan fingerprint density at radius 1 is 1.55 bits per heavy atom. The molecule has 20 heavy (non-hydrogen) atoms. The molecular formula is C11H13BrFNO4S2. The van der Waals surface area contributed by atoms with Gasteiger partial charge in [-0.1, -0.05) is 0 Å². The molecule has 0 saturated carbocycles. The number of hydrogen-bond donors (Lipinski definition) is 2. The molecule has 1 unspecified atom stereocenters. The number of nitrogens with one attached hydrogen (secondary N) is 1. The molecule has 1 atom stereocenters. The van der Waals surface area contributed by atoms with Gasteiger partial charge >= 0.3 is 5.97 Å². The van der Waals surface area contributed by atoms with Crippen LogP contribution in [-0.4, -0.2) is 37.5 Å².